The number of aliphatic hydroxyl groups is 1. The summed E-state index contributed by atoms with van der Waals surface area (Å²) >= 11 is 0. The fraction of sp³-hybridized carbons (Fsp3) is 0.385. The number of carbonyl (C=O) groups excluding carboxylic acids is 1. The number of hydrogen-bond donors (Lipinski definition) is 1. The van der Waals surface area contributed by atoms with Crippen molar-refractivity contribution in [2.45, 2.75) is 24.5 Å². The minimum atomic E-state index is -5.10. The van der Waals surface area contributed by atoms with Crippen LogP contribution < -0.4 is 4.90 Å². The zero-order valence-corrected chi connectivity index (χ0v) is 11.5. The lowest BCUT2D eigenvalue weighted by molar-refractivity contribution is -0.209. The number of benzene rings is 1. The van der Waals surface area contributed by atoms with E-state index in [0.29, 0.717) is 6.07 Å². The maximum absolute atomic E-state index is 12.9. The normalized spacial score (nSPS) is 19.8. The average molecular weight is 354 g/mol. The van der Waals surface area contributed by atoms with Gasteiger partial charge in [0, 0.05) is 5.69 Å². The van der Waals surface area contributed by atoms with E-state index < -0.39 is 54.0 Å². The molecular formula is C13H8F6N2O3. The minimum absolute atomic E-state index is 0.286. The topological polar surface area (TPSA) is 73.6 Å². The molecule has 0 bridgehead atoms. The number of aliphatic hydroxyl groups excluding tert-OH is 1. The number of amides is 1. The van der Waals surface area contributed by atoms with Crippen molar-refractivity contribution in [3.05, 3.63) is 29.3 Å². The van der Waals surface area contributed by atoms with Crippen LogP contribution in [0.5, 0.6) is 0 Å². The first-order chi connectivity index (χ1) is 11.0. The molecule has 1 aromatic rings. The molecule has 2 atom stereocenters. The van der Waals surface area contributed by atoms with Gasteiger partial charge in [-0.25, -0.2) is 4.79 Å². The van der Waals surface area contributed by atoms with Gasteiger partial charge < -0.3 is 9.84 Å². The van der Waals surface area contributed by atoms with Crippen molar-refractivity contribution in [1.29, 1.82) is 5.26 Å². The van der Waals surface area contributed by atoms with Crippen LogP contribution in [0.4, 0.5) is 36.8 Å². The van der Waals surface area contributed by atoms with Crippen LogP contribution in [0, 0.1) is 11.3 Å². The number of halogens is 6. The molecule has 1 aromatic carbocycles. The molecule has 11 heteroatoms. The number of nitrogens with zero attached hydrogens (tertiary/aromatic N) is 2. The summed E-state index contributed by atoms with van der Waals surface area (Å²) in [5.41, 5.74) is -2.74. The standard InChI is InChI=1S/C13H8F6N2O3/c14-12(15,16)8-3-7(2-1-6(8)4-20)21-9(5-24-11(21)23)10(22)13(17,18)19/h1-3,9-10,22H,5H2/t9?,10-/m1/s1. The van der Waals surface area contributed by atoms with E-state index >= 15 is 0 Å². The number of hydrogen-bond acceptors (Lipinski definition) is 4. The first-order valence-corrected chi connectivity index (χ1v) is 6.29. The van der Waals surface area contributed by atoms with E-state index in [2.05, 4.69) is 4.74 Å². The van der Waals surface area contributed by atoms with E-state index in [1.54, 1.807) is 0 Å². The van der Waals surface area contributed by atoms with Gasteiger partial charge in [0.05, 0.1) is 17.2 Å². The Morgan fingerprint density at radius 1 is 1.29 bits per heavy atom. The molecule has 1 saturated heterocycles. The molecular weight excluding hydrogens is 346 g/mol. The Bertz CT molecular complexity index is 694. The smallest absolute Gasteiger partial charge is 0.417 e. The van der Waals surface area contributed by atoms with Gasteiger partial charge in [-0.2, -0.15) is 31.6 Å². The molecule has 24 heavy (non-hydrogen) atoms. The zero-order valence-electron chi connectivity index (χ0n) is 11.5. The third-order valence-electron chi connectivity index (χ3n) is 3.31. The van der Waals surface area contributed by atoms with Gasteiger partial charge in [0.1, 0.15) is 12.6 Å². The molecule has 0 spiro atoms. The number of cyclic esters (lactones) is 1. The summed E-state index contributed by atoms with van der Waals surface area (Å²) < 4.78 is 81.1. The van der Waals surface area contributed by atoms with Crippen LogP contribution in [-0.4, -0.2) is 36.1 Å². The number of carbonyl (C=O) groups is 1. The molecule has 130 valence electrons. The summed E-state index contributed by atoms with van der Waals surface area (Å²) in [7, 11) is 0. The van der Waals surface area contributed by atoms with Gasteiger partial charge >= 0.3 is 18.4 Å². The molecule has 1 aliphatic rings. The minimum Gasteiger partial charge on any atom is -0.447 e. The summed E-state index contributed by atoms with van der Waals surface area (Å²) in [5.74, 6) is 0. The second-order valence-electron chi connectivity index (χ2n) is 4.84. The zero-order chi connectivity index (χ0) is 18.3. The molecule has 0 aliphatic carbocycles. The van der Waals surface area contributed by atoms with Crippen molar-refractivity contribution in [3.63, 3.8) is 0 Å². The third kappa shape index (κ3) is 3.23. The van der Waals surface area contributed by atoms with Crippen LogP contribution >= 0.6 is 0 Å². The van der Waals surface area contributed by atoms with Gasteiger partial charge in [0.25, 0.3) is 0 Å². The summed E-state index contributed by atoms with van der Waals surface area (Å²) in [6.07, 6.45) is -14.4. The molecule has 0 radical (unpaired) electrons. The van der Waals surface area contributed by atoms with E-state index in [-0.39, 0.29) is 4.90 Å². The maximum Gasteiger partial charge on any atom is 0.417 e. The summed E-state index contributed by atoms with van der Waals surface area (Å²) in [5, 5.41) is 18.0. The Kier molecular flexibility index (Phi) is 4.36. The van der Waals surface area contributed by atoms with Crippen LogP contribution in [0.1, 0.15) is 11.1 Å². The Balaban J connectivity index is 2.49. The lowest BCUT2D eigenvalue weighted by atomic mass is 10.0. The molecule has 1 aliphatic heterocycles. The van der Waals surface area contributed by atoms with E-state index in [1.807, 2.05) is 0 Å². The SMILES string of the molecule is N#Cc1ccc(N2C(=O)OCC2[C@@H](O)C(F)(F)F)cc1C(F)(F)F. The number of ether oxygens (including phenoxy) is 1. The predicted octanol–water partition coefficient (Wildman–Crippen LogP) is 2.83. The van der Waals surface area contributed by atoms with E-state index in [9.17, 15) is 36.2 Å². The Morgan fingerprint density at radius 3 is 2.42 bits per heavy atom. The third-order valence-corrected chi connectivity index (χ3v) is 3.31. The molecule has 1 amide bonds. The van der Waals surface area contributed by atoms with Gasteiger partial charge in [0.15, 0.2) is 6.10 Å². The quantitative estimate of drug-likeness (QED) is 0.829. The highest BCUT2D eigenvalue weighted by atomic mass is 19.4. The molecule has 1 unspecified atom stereocenters. The van der Waals surface area contributed by atoms with E-state index in [0.717, 1.165) is 12.1 Å². The number of rotatable bonds is 2. The first kappa shape index (κ1) is 17.9. The summed E-state index contributed by atoms with van der Waals surface area (Å²) in [6, 6.07) is 1.32. The molecule has 5 nitrogen and oxygen atoms in total. The van der Waals surface area contributed by atoms with Crippen LogP contribution in [0.3, 0.4) is 0 Å². The van der Waals surface area contributed by atoms with Gasteiger partial charge in [-0.05, 0) is 18.2 Å². The highest BCUT2D eigenvalue weighted by molar-refractivity contribution is 5.90. The van der Waals surface area contributed by atoms with Crippen LogP contribution in [0.2, 0.25) is 0 Å². The van der Waals surface area contributed by atoms with Gasteiger partial charge in [-0.15, -0.1) is 0 Å². The van der Waals surface area contributed by atoms with Crippen LogP contribution in [-0.2, 0) is 10.9 Å². The summed E-state index contributed by atoms with van der Waals surface area (Å²) in [6.45, 7) is -0.846. The van der Waals surface area contributed by atoms with Crippen molar-refractivity contribution in [1.82, 2.24) is 0 Å². The van der Waals surface area contributed by atoms with Crippen molar-refractivity contribution in [2.24, 2.45) is 0 Å². The summed E-state index contributed by atoms with van der Waals surface area (Å²) in [4.78, 5) is 11.9. The first-order valence-electron chi connectivity index (χ1n) is 6.29. The Morgan fingerprint density at radius 2 is 1.92 bits per heavy atom. The second kappa shape index (κ2) is 5.86. The van der Waals surface area contributed by atoms with Gasteiger partial charge in [-0.1, -0.05) is 0 Å². The van der Waals surface area contributed by atoms with Crippen LogP contribution in [0.15, 0.2) is 18.2 Å². The molecule has 2 rings (SSSR count). The van der Waals surface area contributed by atoms with Gasteiger partial charge in [-0.3, -0.25) is 4.90 Å². The Hall–Kier alpha value is -2.48. The fourth-order valence-electron chi connectivity index (χ4n) is 2.20. The van der Waals surface area contributed by atoms with Crippen LogP contribution in [0.25, 0.3) is 0 Å². The lowest BCUT2D eigenvalue weighted by Crippen LogP contribution is -2.49. The van der Waals surface area contributed by atoms with E-state index in [1.165, 1.54) is 6.07 Å². The lowest BCUT2D eigenvalue weighted by Gasteiger charge is -2.27. The van der Waals surface area contributed by atoms with Crippen molar-refractivity contribution >= 4 is 11.8 Å². The predicted molar refractivity (Wildman–Crippen MR) is 65.8 cm³/mol. The van der Waals surface area contributed by atoms with Crippen molar-refractivity contribution < 1.29 is 41.0 Å². The fourth-order valence-corrected chi connectivity index (χ4v) is 2.20. The average Bonchev–Trinajstić information content (AvgIpc) is 2.85. The second-order valence-corrected chi connectivity index (χ2v) is 4.84. The molecule has 1 heterocycles. The van der Waals surface area contributed by atoms with Crippen molar-refractivity contribution in [2.75, 3.05) is 11.5 Å². The molecule has 0 aromatic heterocycles. The highest BCUT2D eigenvalue weighted by Gasteiger charge is 2.51. The molecule has 1 N–H and O–H groups in total. The molecule has 1 fully saturated rings. The van der Waals surface area contributed by atoms with E-state index in [4.69, 9.17) is 5.26 Å². The Labute approximate surface area is 130 Å². The number of alkyl halides is 6. The highest BCUT2D eigenvalue weighted by Crippen LogP contribution is 2.37. The van der Waals surface area contributed by atoms with Gasteiger partial charge in [0.2, 0.25) is 0 Å². The molecule has 0 saturated carbocycles. The number of nitriles is 1. The number of anilines is 1. The maximum atomic E-state index is 12.9. The van der Waals surface area contributed by atoms with Crippen molar-refractivity contribution in [3.8, 4) is 6.07 Å². The monoisotopic (exact) mass is 354 g/mol. The largest absolute Gasteiger partial charge is 0.447 e.